The molecule has 0 N–H and O–H groups in total. The van der Waals surface area contributed by atoms with Gasteiger partial charge in [-0.2, -0.15) is 13.2 Å². The first kappa shape index (κ1) is 12.3. The highest BCUT2D eigenvalue weighted by Gasteiger charge is 2.39. The quantitative estimate of drug-likeness (QED) is 0.774. The highest BCUT2D eigenvalue weighted by molar-refractivity contribution is 5.73. The highest BCUT2D eigenvalue weighted by atomic mass is 19.4. The first-order valence-corrected chi connectivity index (χ1v) is 4.98. The zero-order valence-corrected chi connectivity index (χ0v) is 9.27. The molecular weight excluding hydrogens is 247 g/mol. The predicted octanol–water partition coefficient (Wildman–Crippen LogP) is 2.41. The van der Waals surface area contributed by atoms with Crippen molar-refractivity contribution < 1.29 is 18.0 Å². The van der Waals surface area contributed by atoms with Crippen LogP contribution in [0, 0.1) is 6.92 Å². The fraction of sp³-hybridized carbons (Fsp3) is 0.182. The van der Waals surface area contributed by atoms with Gasteiger partial charge < -0.3 is 0 Å². The zero-order chi connectivity index (χ0) is 13.3. The van der Waals surface area contributed by atoms with Crippen LogP contribution in [0.3, 0.4) is 0 Å². The van der Waals surface area contributed by atoms with E-state index in [1.165, 1.54) is 12.1 Å². The summed E-state index contributed by atoms with van der Waals surface area (Å²) in [6.07, 6.45) is -4.65. The summed E-state index contributed by atoms with van der Waals surface area (Å²) in [6.45, 7) is 1.81. The standard InChI is InChI=1S/C11H8F3N3O/c1-7-2-4-8(5-3-7)17-10(11(12,13)14)9(6-18)15-16-17/h2-6H,1H3. The normalized spacial score (nSPS) is 11.6. The summed E-state index contributed by atoms with van der Waals surface area (Å²) in [7, 11) is 0. The fourth-order valence-electron chi connectivity index (χ4n) is 1.50. The van der Waals surface area contributed by atoms with Crippen LogP contribution >= 0.6 is 0 Å². The summed E-state index contributed by atoms with van der Waals surface area (Å²) in [6, 6.07) is 6.26. The Kier molecular flexibility index (Phi) is 2.90. The second-order valence-electron chi connectivity index (χ2n) is 3.69. The Hall–Kier alpha value is -2.18. The molecule has 0 atom stereocenters. The second kappa shape index (κ2) is 4.25. The maximum atomic E-state index is 12.8. The molecule has 0 radical (unpaired) electrons. The van der Waals surface area contributed by atoms with Crippen molar-refractivity contribution in [2.75, 3.05) is 0 Å². The summed E-state index contributed by atoms with van der Waals surface area (Å²) in [5, 5.41) is 6.59. The fourth-order valence-corrected chi connectivity index (χ4v) is 1.50. The molecule has 0 aliphatic heterocycles. The summed E-state index contributed by atoms with van der Waals surface area (Å²) in [5.74, 6) is 0. The molecule has 0 unspecified atom stereocenters. The van der Waals surface area contributed by atoms with Gasteiger partial charge in [0.15, 0.2) is 17.7 Å². The Bertz CT molecular complexity index is 572. The monoisotopic (exact) mass is 255 g/mol. The van der Waals surface area contributed by atoms with Crippen LogP contribution < -0.4 is 0 Å². The van der Waals surface area contributed by atoms with Gasteiger partial charge >= 0.3 is 6.18 Å². The summed E-state index contributed by atoms with van der Waals surface area (Å²) in [4.78, 5) is 10.6. The van der Waals surface area contributed by atoms with E-state index in [-0.39, 0.29) is 12.0 Å². The third kappa shape index (κ3) is 2.11. The van der Waals surface area contributed by atoms with Crippen molar-refractivity contribution in [1.29, 1.82) is 0 Å². The molecule has 0 spiro atoms. The van der Waals surface area contributed by atoms with E-state index in [1.807, 2.05) is 6.92 Å². The number of nitrogens with zero attached hydrogens (tertiary/aromatic N) is 3. The molecule has 18 heavy (non-hydrogen) atoms. The number of aryl methyl sites for hydroxylation is 1. The lowest BCUT2D eigenvalue weighted by molar-refractivity contribution is -0.143. The van der Waals surface area contributed by atoms with Crippen LogP contribution in [-0.2, 0) is 6.18 Å². The van der Waals surface area contributed by atoms with E-state index < -0.39 is 17.6 Å². The minimum Gasteiger partial charge on any atom is -0.296 e. The van der Waals surface area contributed by atoms with Crippen molar-refractivity contribution in [1.82, 2.24) is 15.0 Å². The number of aromatic nitrogens is 3. The van der Waals surface area contributed by atoms with Crippen LogP contribution in [0.4, 0.5) is 13.2 Å². The minimum absolute atomic E-state index is 0.0422. The van der Waals surface area contributed by atoms with Crippen LogP contribution in [-0.4, -0.2) is 21.3 Å². The van der Waals surface area contributed by atoms with Gasteiger partial charge in [0.2, 0.25) is 0 Å². The average molecular weight is 255 g/mol. The van der Waals surface area contributed by atoms with Gasteiger partial charge in [0.25, 0.3) is 0 Å². The van der Waals surface area contributed by atoms with Gasteiger partial charge in [0, 0.05) is 0 Å². The Morgan fingerprint density at radius 1 is 1.22 bits per heavy atom. The lowest BCUT2D eigenvalue weighted by atomic mass is 10.2. The minimum atomic E-state index is -4.69. The second-order valence-corrected chi connectivity index (χ2v) is 3.69. The third-order valence-electron chi connectivity index (χ3n) is 2.36. The summed E-state index contributed by atoms with van der Waals surface area (Å²) in [5.41, 5.74) is -0.777. The molecule has 0 bridgehead atoms. The van der Waals surface area contributed by atoms with Gasteiger partial charge in [-0.15, -0.1) is 5.10 Å². The highest BCUT2D eigenvalue weighted by Crippen LogP contribution is 2.32. The smallest absolute Gasteiger partial charge is 0.296 e. The van der Waals surface area contributed by atoms with Crippen LogP contribution in [0.1, 0.15) is 21.7 Å². The molecule has 94 valence electrons. The molecule has 7 heteroatoms. The van der Waals surface area contributed by atoms with Gasteiger partial charge in [-0.25, -0.2) is 4.68 Å². The topological polar surface area (TPSA) is 47.8 Å². The number of carbonyl (C=O) groups excluding carboxylic acids is 1. The van der Waals surface area contributed by atoms with Crippen molar-refractivity contribution in [2.45, 2.75) is 13.1 Å². The van der Waals surface area contributed by atoms with E-state index in [9.17, 15) is 18.0 Å². The first-order valence-electron chi connectivity index (χ1n) is 4.98. The Morgan fingerprint density at radius 3 is 2.33 bits per heavy atom. The molecule has 0 amide bonds. The summed E-state index contributed by atoms with van der Waals surface area (Å²) >= 11 is 0. The maximum Gasteiger partial charge on any atom is 0.435 e. The molecule has 1 aromatic carbocycles. The number of halogens is 3. The maximum absolute atomic E-state index is 12.8. The van der Waals surface area contributed by atoms with Crippen molar-refractivity contribution >= 4 is 6.29 Å². The molecule has 2 aromatic rings. The number of rotatable bonds is 2. The molecule has 0 aliphatic carbocycles. The molecule has 1 heterocycles. The van der Waals surface area contributed by atoms with Crippen molar-refractivity contribution in [3.8, 4) is 5.69 Å². The molecule has 2 rings (SSSR count). The Morgan fingerprint density at radius 2 is 1.83 bits per heavy atom. The number of carbonyl (C=O) groups is 1. The van der Waals surface area contributed by atoms with E-state index in [0.717, 1.165) is 5.56 Å². The Balaban J connectivity index is 2.61. The van der Waals surface area contributed by atoms with Crippen molar-refractivity contribution in [3.63, 3.8) is 0 Å². The molecule has 0 fully saturated rings. The van der Waals surface area contributed by atoms with E-state index in [0.29, 0.717) is 4.68 Å². The molecule has 0 saturated heterocycles. The largest absolute Gasteiger partial charge is 0.435 e. The van der Waals surface area contributed by atoms with E-state index in [4.69, 9.17) is 0 Å². The first-order chi connectivity index (χ1) is 8.43. The number of hydrogen-bond donors (Lipinski definition) is 0. The third-order valence-corrected chi connectivity index (χ3v) is 2.36. The molecule has 0 aliphatic rings. The average Bonchev–Trinajstić information content (AvgIpc) is 2.73. The van der Waals surface area contributed by atoms with Crippen LogP contribution in [0.15, 0.2) is 24.3 Å². The molecular formula is C11H8F3N3O. The number of alkyl halides is 3. The van der Waals surface area contributed by atoms with Crippen LogP contribution in [0.2, 0.25) is 0 Å². The van der Waals surface area contributed by atoms with E-state index in [1.54, 1.807) is 12.1 Å². The number of benzene rings is 1. The molecule has 0 saturated carbocycles. The van der Waals surface area contributed by atoms with Crippen LogP contribution in [0.5, 0.6) is 0 Å². The van der Waals surface area contributed by atoms with Crippen molar-refractivity contribution in [2.24, 2.45) is 0 Å². The summed E-state index contributed by atoms with van der Waals surface area (Å²) < 4.78 is 39.1. The predicted molar refractivity (Wildman–Crippen MR) is 56.5 cm³/mol. The zero-order valence-electron chi connectivity index (χ0n) is 9.27. The van der Waals surface area contributed by atoms with Gasteiger partial charge in [-0.1, -0.05) is 22.9 Å². The lowest BCUT2D eigenvalue weighted by Gasteiger charge is -2.09. The van der Waals surface area contributed by atoms with Gasteiger partial charge in [-0.05, 0) is 19.1 Å². The number of hydrogen-bond acceptors (Lipinski definition) is 3. The van der Waals surface area contributed by atoms with E-state index >= 15 is 0 Å². The molecule has 1 aromatic heterocycles. The van der Waals surface area contributed by atoms with Crippen LogP contribution in [0.25, 0.3) is 5.69 Å². The van der Waals surface area contributed by atoms with Gasteiger partial charge in [-0.3, -0.25) is 4.79 Å². The lowest BCUT2D eigenvalue weighted by Crippen LogP contribution is -2.15. The van der Waals surface area contributed by atoms with Crippen molar-refractivity contribution in [3.05, 3.63) is 41.2 Å². The Labute approximate surface area is 100 Å². The van der Waals surface area contributed by atoms with Gasteiger partial charge in [0.1, 0.15) is 0 Å². The molecule has 4 nitrogen and oxygen atoms in total. The number of aldehydes is 1. The SMILES string of the molecule is Cc1ccc(-n2nnc(C=O)c2C(F)(F)F)cc1. The van der Waals surface area contributed by atoms with Gasteiger partial charge in [0.05, 0.1) is 5.69 Å². The van der Waals surface area contributed by atoms with E-state index in [2.05, 4.69) is 10.3 Å².